The van der Waals surface area contributed by atoms with Crippen LogP contribution >= 0.6 is 49.6 Å². The molecule has 0 aromatic rings. The minimum absolute atomic E-state index is 0. The van der Waals surface area contributed by atoms with E-state index < -0.39 is 17.9 Å². The van der Waals surface area contributed by atoms with Crippen molar-refractivity contribution >= 4 is 67.5 Å². The van der Waals surface area contributed by atoms with Crippen LogP contribution in [0.3, 0.4) is 0 Å². The van der Waals surface area contributed by atoms with Crippen LogP contribution in [0.1, 0.15) is 81.1 Å². The number of nitrogens with zero attached hydrogens (tertiary/aromatic N) is 2. The predicted octanol–water partition coefficient (Wildman–Crippen LogP) is 8.23. The van der Waals surface area contributed by atoms with Crippen LogP contribution in [0.2, 0.25) is 13.1 Å². The topological polar surface area (TPSA) is 6.48 Å². The molecule has 0 aliphatic heterocycles. The van der Waals surface area contributed by atoms with E-state index in [1.807, 2.05) is 0 Å². The van der Waals surface area contributed by atoms with Crippen molar-refractivity contribution in [1.29, 1.82) is 0 Å². The smallest absolute Gasteiger partial charge is 0.137 e. The first-order chi connectivity index (χ1) is 14.9. The fourth-order valence-electron chi connectivity index (χ4n) is 7.08. The first kappa shape index (κ1) is 46.8. The SMILES string of the molecule is CC1=C(C)C(C)C([SiH](C)N(C)[C@H]2CC[C@H](N(C)[SiH](C)C3=C(C)C(C)=C(C)C3C)CC2)=C1C.Cl.Cl.Cl.Cl.[Ti].[Ti]. The standard InChI is InChI=1S/C28H50N2Si2.4ClH.2Ti/c1-17-18(2)22(6)27(21(17)5)31(11)29(9)25-13-15-26(16-14-25)30(10)32(12)28-23(7)19(3)20(4)24(28)8;;;;;;/h21,23,25-26,31-32H,13-16H2,1-12H3;4*1H;;/t21?,23?,25-,26-,31?,32?;;;;;;. The average Bonchev–Trinajstić information content (AvgIpc) is 3.10. The van der Waals surface area contributed by atoms with Gasteiger partial charge >= 0.3 is 0 Å². The van der Waals surface area contributed by atoms with E-state index in [0.29, 0.717) is 11.8 Å². The normalized spacial score (nSPS) is 26.7. The van der Waals surface area contributed by atoms with Gasteiger partial charge in [0.05, 0.1) is 0 Å². The fraction of sp³-hybridized carbons (Fsp3) is 0.714. The van der Waals surface area contributed by atoms with E-state index in [2.05, 4.69) is 91.7 Å². The van der Waals surface area contributed by atoms with Crippen LogP contribution in [-0.2, 0) is 43.4 Å². The Hall–Kier alpha value is 1.90. The number of hydrogen-bond donors (Lipinski definition) is 0. The monoisotopic (exact) mass is 710 g/mol. The van der Waals surface area contributed by atoms with E-state index in [-0.39, 0.29) is 93.1 Å². The van der Waals surface area contributed by atoms with Crippen molar-refractivity contribution in [1.82, 2.24) is 9.13 Å². The molecule has 0 heterocycles. The van der Waals surface area contributed by atoms with Crippen molar-refractivity contribution in [2.75, 3.05) is 14.1 Å². The van der Waals surface area contributed by atoms with Gasteiger partial charge in [-0.15, -0.1) is 49.6 Å². The van der Waals surface area contributed by atoms with Crippen molar-refractivity contribution in [3.8, 4) is 0 Å². The Kier molecular flexibility index (Phi) is 23.7. The zero-order chi connectivity index (χ0) is 24.1. The first-order valence-electron chi connectivity index (χ1n) is 13.1. The molecule has 38 heavy (non-hydrogen) atoms. The molecule has 4 atom stereocenters. The van der Waals surface area contributed by atoms with Crippen LogP contribution in [0.25, 0.3) is 0 Å². The summed E-state index contributed by atoms with van der Waals surface area (Å²) in [6.07, 6.45) is 5.50. The quantitative estimate of drug-likeness (QED) is 0.256. The molecule has 10 heteroatoms. The molecule has 0 aromatic carbocycles. The molecule has 0 aromatic heterocycles. The van der Waals surface area contributed by atoms with Crippen molar-refractivity contribution in [3.05, 3.63) is 43.8 Å². The largest absolute Gasteiger partial charge is 0.323 e. The van der Waals surface area contributed by atoms with Crippen LogP contribution in [0.15, 0.2) is 43.8 Å². The van der Waals surface area contributed by atoms with Gasteiger partial charge < -0.3 is 9.13 Å². The Bertz CT molecular complexity index is 827. The Balaban J connectivity index is -0.000000963. The molecule has 4 unspecified atom stereocenters. The molecule has 0 spiro atoms. The third kappa shape index (κ3) is 8.96. The van der Waals surface area contributed by atoms with Crippen LogP contribution < -0.4 is 0 Å². The minimum Gasteiger partial charge on any atom is -0.323 e. The van der Waals surface area contributed by atoms with Gasteiger partial charge in [-0.05, 0) is 104 Å². The molecule has 2 nitrogen and oxygen atoms in total. The number of allylic oxidation sites excluding steroid dienone is 8. The summed E-state index contributed by atoms with van der Waals surface area (Å²) in [4.78, 5) is 0. The second-order valence-corrected chi connectivity index (χ2v) is 16.9. The molecule has 220 valence electrons. The van der Waals surface area contributed by atoms with Crippen molar-refractivity contribution < 1.29 is 43.4 Å². The van der Waals surface area contributed by atoms with Gasteiger partial charge in [-0.3, -0.25) is 0 Å². The third-order valence-corrected chi connectivity index (χ3v) is 17.3. The van der Waals surface area contributed by atoms with E-state index >= 15 is 0 Å². The molecular formula is C28H54Cl4N2Si2Ti2. The fourth-order valence-corrected chi connectivity index (χ4v) is 13.5. The van der Waals surface area contributed by atoms with Crippen molar-refractivity contribution in [3.63, 3.8) is 0 Å². The zero-order valence-corrected chi connectivity index (χ0v) is 34.5. The van der Waals surface area contributed by atoms with Gasteiger partial charge in [0.25, 0.3) is 0 Å². The Morgan fingerprint density at radius 2 is 0.763 bits per heavy atom. The summed E-state index contributed by atoms with van der Waals surface area (Å²) in [5, 5.41) is 3.61. The maximum atomic E-state index is 2.85. The maximum Gasteiger partial charge on any atom is 0.137 e. The Morgan fingerprint density at radius 3 is 0.947 bits per heavy atom. The minimum atomic E-state index is -1.08. The molecule has 3 aliphatic rings. The molecule has 3 aliphatic carbocycles. The molecule has 0 radical (unpaired) electrons. The predicted molar refractivity (Wildman–Crippen MR) is 177 cm³/mol. The maximum absolute atomic E-state index is 2.85. The summed E-state index contributed by atoms with van der Waals surface area (Å²) >= 11 is 0. The third-order valence-electron chi connectivity index (χ3n) is 10.3. The van der Waals surface area contributed by atoms with E-state index in [1.165, 1.54) is 25.7 Å². The number of halogens is 4. The van der Waals surface area contributed by atoms with Gasteiger partial charge in [-0.2, -0.15) is 0 Å². The van der Waals surface area contributed by atoms with Crippen LogP contribution in [0, 0.1) is 11.8 Å². The van der Waals surface area contributed by atoms with E-state index in [4.69, 9.17) is 0 Å². The molecule has 0 N–H and O–H groups in total. The second kappa shape index (κ2) is 19.2. The summed E-state index contributed by atoms with van der Waals surface area (Å²) in [5.74, 6) is 1.33. The molecule has 3 rings (SSSR count). The van der Waals surface area contributed by atoms with E-state index in [0.717, 1.165) is 12.1 Å². The van der Waals surface area contributed by atoms with Gasteiger partial charge in [-0.1, -0.05) is 59.6 Å². The summed E-state index contributed by atoms with van der Waals surface area (Å²) < 4.78 is 5.70. The van der Waals surface area contributed by atoms with Gasteiger partial charge in [-0.25, -0.2) is 0 Å². The summed E-state index contributed by atoms with van der Waals surface area (Å²) in [6, 6.07) is 1.56. The summed E-state index contributed by atoms with van der Waals surface area (Å²) in [5.41, 5.74) is 9.58. The molecule has 0 amide bonds. The van der Waals surface area contributed by atoms with Crippen LogP contribution in [0.4, 0.5) is 0 Å². The average molecular weight is 712 g/mol. The number of rotatable bonds is 6. The molecule has 1 fully saturated rings. The van der Waals surface area contributed by atoms with Crippen molar-refractivity contribution in [2.24, 2.45) is 11.8 Å². The number of hydrogen-bond acceptors (Lipinski definition) is 2. The Morgan fingerprint density at radius 1 is 0.526 bits per heavy atom. The van der Waals surface area contributed by atoms with Crippen LogP contribution in [-0.4, -0.2) is 53.2 Å². The zero-order valence-electron chi connectivity index (χ0n) is 25.8. The van der Waals surface area contributed by atoms with Gasteiger partial charge in [0.15, 0.2) is 0 Å². The van der Waals surface area contributed by atoms with E-state index in [1.54, 1.807) is 43.8 Å². The van der Waals surface area contributed by atoms with E-state index in [9.17, 15) is 0 Å². The summed E-state index contributed by atoms with van der Waals surface area (Å²) in [7, 11) is 2.75. The van der Waals surface area contributed by atoms with Gasteiger partial charge in [0.2, 0.25) is 0 Å². The molecule has 0 bridgehead atoms. The van der Waals surface area contributed by atoms with Gasteiger partial charge in [0.1, 0.15) is 17.9 Å². The van der Waals surface area contributed by atoms with Crippen molar-refractivity contribution in [2.45, 2.75) is 106 Å². The Labute approximate surface area is 293 Å². The molecule has 1 saturated carbocycles. The summed E-state index contributed by atoms with van der Waals surface area (Å²) in [6.45, 7) is 24.2. The first-order valence-corrected chi connectivity index (χ1v) is 17.6. The molecule has 0 saturated heterocycles. The molecular weight excluding hydrogens is 658 g/mol. The van der Waals surface area contributed by atoms with Crippen LogP contribution in [0.5, 0.6) is 0 Å². The van der Waals surface area contributed by atoms with Gasteiger partial charge in [0, 0.05) is 55.5 Å². The second-order valence-electron chi connectivity index (χ2n) is 11.4.